The predicted octanol–water partition coefficient (Wildman–Crippen LogP) is 3.56. The van der Waals surface area contributed by atoms with Crippen LogP contribution >= 0.6 is 0 Å². The van der Waals surface area contributed by atoms with E-state index in [0.29, 0.717) is 5.56 Å². The maximum absolute atomic E-state index is 13.7. The van der Waals surface area contributed by atoms with Crippen molar-refractivity contribution in [3.63, 3.8) is 0 Å². The Bertz CT molecular complexity index is 568. The van der Waals surface area contributed by atoms with Crippen molar-refractivity contribution < 1.29 is 18.6 Å². The van der Waals surface area contributed by atoms with Crippen molar-refractivity contribution in [3.8, 4) is 11.5 Å². The molecule has 0 spiro atoms. The van der Waals surface area contributed by atoms with Crippen LogP contribution in [0.4, 0.5) is 8.78 Å². The minimum atomic E-state index is -0.637. The lowest BCUT2D eigenvalue weighted by molar-refractivity contribution is 0.273. The molecule has 0 aromatic heterocycles. The molecule has 2 rings (SSSR count). The fourth-order valence-electron chi connectivity index (χ4n) is 1.60. The van der Waals surface area contributed by atoms with E-state index in [2.05, 4.69) is 0 Å². The van der Waals surface area contributed by atoms with Gasteiger partial charge in [0, 0.05) is 5.56 Å². The topological polar surface area (TPSA) is 29.5 Å². The van der Waals surface area contributed by atoms with E-state index < -0.39 is 11.6 Å². The molecule has 0 aliphatic rings. The summed E-state index contributed by atoms with van der Waals surface area (Å²) in [5.41, 5.74) is 0.685. The molecule has 1 N–H and O–H groups in total. The van der Waals surface area contributed by atoms with Gasteiger partial charge in [0.05, 0.1) is 6.61 Å². The standard InChI is InChI=1S/C14H12F2O2/c1-9-4-2-7-12(13(9)16)18-14-10(8-17)5-3-6-11(14)15/h2-7,17H,8H2,1H3. The third-order valence-corrected chi connectivity index (χ3v) is 2.59. The van der Waals surface area contributed by atoms with Crippen LogP contribution in [0.1, 0.15) is 11.1 Å². The van der Waals surface area contributed by atoms with Gasteiger partial charge >= 0.3 is 0 Å². The summed E-state index contributed by atoms with van der Waals surface area (Å²) in [5, 5.41) is 9.10. The smallest absolute Gasteiger partial charge is 0.168 e. The van der Waals surface area contributed by atoms with Crippen LogP contribution in [0.25, 0.3) is 0 Å². The minimum absolute atomic E-state index is 0.0604. The summed E-state index contributed by atoms with van der Waals surface area (Å²) in [4.78, 5) is 0. The Morgan fingerprint density at radius 1 is 1.11 bits per heavy atom. The number of rotatable bonds is 3. The fraction of sp³-hybridized carbons (Fsp3) is 0.143. The van der Waals surface area contributed by atoms with E-state index in [0.717, 1.165) is 0 Å². The summed E-state index contributed by atoms with van der Waals surface area (Å²) in [6.07, 6.45) is 0. The molecule has 0 unspecified atom stereocenters. The summed E-state index contributed by atoms with van der Waals surface area (Å²) < 4.78 is 32.6. The summed E-state index contributed by atoms with van der Waals surface area (Å²) in [6.45, 7) is 1.22. The lowest BCUT2D eigenvalue weighted by atomic mass is 10.2. The van der Waals surface area contributed by atoms with E-state index in [4.69, 9.17) is 9.84 Å². The Morgan fingerprint density at radius 3 is 2.56 bits per heavy atom. The molecule has 0 saturated heterocycles. The lowest BCUT2D eigenvalue weighted by Gasteiger charge is -2.12. The largest absolute Gasteiger partial charge is 0.451 e. The van der Waals surface area contributed by atoms with Crippen LogP contribution in [-0.2, 0) is 6.61 Å². The molecule has 2 nitrogen and oxygen atoms in total. The van der Waals surface area contributed by atoms with Gasteiger partial charge in [-0.05, 0) is 24.6 Å². The van der Waals surface area contributed by atoms with Gasteiger partial charge in [0.1, 0.15) is 0 Å². The molecule has 0 heterocycles. The molecule has 0 atom stereocenters. The van der Waals surface area contributed by atoms with Crippen LogP contribution < -0.4 is 4.74 Å². The maximum Gasteiger partial charge on any atom is 0.168 e. The molecule has 0 fully saturated rings. The van der Waals surface area contributed by atoms with Gasteiger partial charge in [-0.1, -0.05) is 24.3 Å². The molecule has 0 amide bonds. The highest BCUT2D eigenvalue weighted by molar-refractivity contribution is 5.40. The molecule has 94 valence electrons. The normalized spacial score (nSPS) is 10.4. The average molecular weight is 250 g/mol. The Hall–Kier alpha value is -1.94. The highest BCUT2D eigenvalue weighted by Gasteiger charge is 2.13. The number of ether oxygens (including phenoxy) is 1. The number of hydrogen-bond donors (Lipinski definition) is 1. The Balaban J connectivity index is 2.43. The van der Waals surface area contributed by atoms with Crippen LogP contribution in [0.2, 0.25) is 0 Å². The van der Waals surface area contributed by atoms with Crippen molar-refractivity contribution in [2.24, 2.45) is 0 Å². The first kappa shape index (κ1) is 12.5. The molecule has 2 aromatic carbocycles. The monoisotopic (exact) mass is 250 g/mol. The second kappa shape index (κ2) is 5.14. The number of aliphatic hydroxyl groups excluding tert-OH is 1. The van der Waals surface area contributed by atoms with E-state index in [9.17, 15) is 8.78 Å². The van der Waals surface area contributed by atoms with Gasteiger partial charge in [-0.15, -0.1) is 0 Å². The quantitative estimate of drug-likeness (QED) is 0.902. The molecule has 0 aliphatic heterocycles. The zero-order chi connectivity index (χ0) is 13.1. The van der Waals surface area contributed by atoms with Gasteiger partial charge < -0.3 is 9.84 Å². The second-order valence-electron chi connectivity index (χ2n) is 3.88. The van der Waals surface area contributed by atoms with Crippen LogP contribution in [0.3, 0.4) is 0 Å². The summed E-state index contributed by atoms with van der Waals surface area (Å²) >= 11 is 0. The number of benzene rings is 2. The van der Waals surface area contributed by atoms with Crippen molar-refractivity contribution in [1.82, 2.24) is 0 Å². The molecule has 0 radical (unpaired) electrons. The Morgan fingerprint density at radius 2 is 1.83 bits per heavy atom. The molecule has 0 bridgehead atoms. The first-order valence-electron chi connectivity index (χ1n) is 5.44. The highest BCUT2D eigenvalue weighted by Crippen LogP contribution is 2.30. The molecular formula is C14H12F2O2. The number of halogens is 2. The first-order valence-corrected chi connectivity index (χ1v) is 5.44. The van der Waals surface area contributed by atoms with Gasteiger partial charge in [-0.2, -0.15) is 0 Å². The molecule has 4 heteroatoms. The Labute approximate surface area is 103 Å². The third kappa shape index (κ3) is 2.33. The second-order valence-corrected chi connectivity index (χ2v) is 3.88. The van der Waals surface area contributed by atoms with Crippen molar-refractivity contribution in [1.29, 1.82) is 0 Å². The number of aryl methyl sites for hydroxylation is 1. The third-order valence-electron chi connectivity index (χ3n) is 2.59. The summed E-state index contributed by atoms with van der Waals surface area (Å²) in [6, 6.07) is 8.80. The maximum atomic E-state index is 13.7. The minimum Gasteiger partial charge on any atom is -0.451 e. The number of aliphatic hydroxyl groups is 1. The van der Waals surface area contributed by atoms with Gasteiger partial charge in [0.25, 0.3) is 0 Å². The van der Waals surface area contributed by atoms with Gasteiger partial charge in [-0.25, -0.2) is 8.78 Å². The van der Waals surface area contributed by atoms with Crippen molar-refractivity contribution in [2.45, 2.75) is 13.5 Å². The van der Waals surface area contributed by atoms with E-state index in [-0.39, 0.29) is 23.7 Å². The van der Waals surface area contributed by atoms with Crippen molar-refractivity contribution in [2.75, 3.05) is 0 Å². The lowest BCUT2D eigenvalue weighted by Crippen LogP contribution is -1.97. The molecule has 0 aliphatic carbocycles. The SMILES string of the molecule is Cc1cccc(Oc2c(F)cccc2CO)c1F. The van der Waals surface area contributed by atoms with Gasteiger partial charge in [0.2, 0.25) is 0 Å². The van der Waals surface area contributed by atoms with Crippen molar-refractivity contribution in [3.05, 3.63) is 59.2 Å². The summed E-state index contributed by atoms with van der Waals surface area (Å²) in [7, 11) is 0. The van der Waals surface area contributed by atoms with E-state index >= 15 is 0 Å². The average Bonchev–Trinajstić information content (AvgIpc) is 2.37. The fourth-order valence-corrected chi connectivity index (χ4v) is 1.60. The highest BCUT2D eigenvalue weighted by atomic mass is 19.1. The van der Waals surface area contributed by atoms with E-state index in [1.807, 2.05) is 0 Å². The van der Waals surface area contributed by atoms with Crippen LogP contribution in [0, 0.1) is 18.6 Å². The zero-order valence-electron chi connectivity index (χ0n) is 9.78. The van der Waals surface area contributed by atoms with Crippen LogP contribution in [-0.4, -0.2) is 5.11 Å². The van der Waals surface area contributed by atoms with E-state index in [1.165, 1.54) is 24.3 Å². The summed E-state index contributed by atoms with van der Waals surface area (Å²) in [5.74, 6) is -1.38. The zero-order valence-corrected chi connectivity index (χ0v) is 9.78. The first-order chi connectivity index (χ1) is 8.63. The number of hydrogen-bond acceptors (Lipinski definition) is 2. The van der Waals surface area contributed by atoms with Crippen LogP contribution in [0.5, 0.6) is 11.5 Å². The molecule has 18 heavy (non-hydrogen) atoms. The predicted molar refractivity (Wildman–Crippen MR) is 63.5 cm³/mol. The molecular weight excluding hydrogens is 238 g/mol. The molecule has 0 saturated carbocycles. The van der Waals surface area contributed by atoms with Gasteiger partial charge in [0.15, 0.2) is 23.1 Å². The molecule has 2 aromatic rings. The van der Waals surface area contributed by atoms with Gasteiger partial charge in [-0.3, -0.25) is 0 Å². The van der Waals surface area contributed by atoms with E-state index in [1.54, 1.807) is 19.1 Å². The number of para-hydroxylation sites is 1. The Kier molecular flexibility index (Phi) is 3.58. The van der Waals surface area contributed by atoms with Crippen LogP contribution in [0.15, 0.2) is 36.4 Å². The van der Waals surface area contributed by atoms with Crippen molar-refractivity contribution >= 4 is 0 Å².